The number of hydrogen-bond donors (Lipinski definition) is 2. The second-order valence-electron chi connectivity index (χ2n) is 5.80. The topological polar surface area (TPSA) is 75.6 Å². The molecule has 0 heterocycles. The minimum Gasteiger partial charge on any atom is -0.496 e. The molecule has 2 N–H and O–H groups in total. The molecule has 2 aromatic rings. The molecular formula is C20H23NO4S. The maximum absolute atomic E-state index is 12.4. The third-order valence-electron chi connectivity index (χ3n) is 4.05. The first-order chi connectivity index (χ1) is 12.5. The fourth-order valence-corrected chi connectivity index (χ4v) is 3.10. The molecule has 0 spiro atoms. The molecule has 0 aromatic heterocycles. The van der Waals surface area contributed by atoms with Crippen LogP contribution in [0, 0.1) is 0 Å². The number of aryl methyl sites for hydroxylation is 1. The van der Waals surface area contributed by atoms with Crippen LogP contribution in [0.15, 0.2) is 53.4 Å². The van der Waals surface area contributed by atoms with Gasteiger partial charge in [-0.2, -0.15) is 0 Å². The van der Waals surface area contributed by atoms with Crippen LogP contribution >= 0.6 is 11.8 Å². The number of methoxy groups -OCH3 is 1. The van der Waals surface area contributed by atoms with E-state index in [9.17, 15) is 9.59 Å². The van der Waals surface area contributed by atoms with Gasteiger partial charge >= 0.3 is 5.97 Å². The minimum absolute atomic E-state index is 0.154. The molecule has 0 aliphatic carbocycles. The first-order valence-corrected chi connectivity index (χ1v) is 9.53. The van der Waals surface area contributed by atoms with Crippen molar-refractivity contribution < 1.29 is 19.4 Å². The number of benzene rings is 2. The molecule has 0 aliphatic heterocycles. The van der Waals surface area contributed by atoms with E-state index in [0.29, 0.717) is 6.42 Å². The smallest absolute Gasteiger partial charge is 0.305 e. The lowest BCUT2D eigenvalue weighted by Gasteiger charge is -2.18. The van der Waals surface area contributed by atoms with Crippen molar-refractivity contribution in [3.63, 3.8) is 0 Å². The summed E-state index contributed by atoms with van der Waals surface area (Å²) in [6.45, 7) is 0. The van der Waals surface area contributed by atoms with E-state index >= 15 is 0 Å². The molecule has 138 valence electrons. The fourth-order valence-electron chi connectivity index (χ4n) is 2.69. The van der Waals surface area contributed by atoms with E-state index < -0.39 is 12.0 Å². The zero-order chi connectivity index (χ0) is 18.9. The maximum atomic E-state index is 12.4. The normalized spacial score (nSPS) is 11.6. The molecule has 6 heteroatoms. The molecule has 2 rings (SSSR count). The number of amides is 1. The second kappa shape index (κ2) is 9.87. The van der Waals surface area contributed by atoms with Crippen molar-refractivity contribution in [2.24, 2.45) is 0 Å². The van der Waals surface area contributed by atoms with Crippen molar-refractivity contribution in [3.05, 3.63) is 59.7 Å². The molecule has 0 radical (unpaired) electrons. The van der Waals surface area contributed by atoms with Gasteiger partial charge in [0, 0.05) is 11.3 Å². The van der Waals surface area contributed by atoms with E-state index in [4.69, 9.17) is 9.84 Å². The Hall–Kier alpha value is -2.47. The van der Waals surface area contributed by atoms with Crippen LogP contribution in [0.4, 0.5) is 0 Å². The van der Waals surface area contributed by atoms with Crippen molar-refractivity contribution in [3.8, 4) is 5.75 Å². The van der Waals surface area contributed by atoms with Crippen LogP contribution in [0.2, 0.25) is 0 Å². The van der Waals surface area contributed by atoms with Crippen molar-refractivity contribution in [1.82, 2.24) is 5.32 Å². The van der Waals surface area contributed by atoms with Crippen molar-refractivity contribution in [2.75, 3.05) is 13.4 Å². The van der Waals surface area contributed by atoms with Gasteiger partial charge in [-0.1, -0.05) is 30.3 Å². The van der Waals surface area contributed by atoms with Gasteiger partial charge < -0.3 is 15.2 Å². The van der Waals surface area contributed by atoms with Crippen LogP contribution in [0.5, 0.6) is 5.75 Å². The molecule has 26 heavy (non-hydrogen) atoms. The summed E-state index contributed by atoms with van der Waals surface area (Å²) in [5.41, 5.74) is 1.74. The van der Waals surface area contributed by atoms with Gasteiger partial charge in [-0.05, 0) is 42.0 Å². The number of para-hydroxylation sites is 1. The van der Waals surface area contributed by atoms with Gasteiger partial charge in [-0.25, -0.2) is 0 Å². The van der Waals surface area contributed by atoms with Gasteiger partial charge in [-0.3, -0.25) is 9.59 Å². The van der Waals surface area contributed by atoms with Crippen LogP contribution in [-0.2, 0) is 16.0 Å². The van der Waals surface area contributed by atoms with Gasteiger partial charge in [-0.15, -0.1) is 11.8 Å². The SMILES string of the molecule is COc1ccccc1CCC(=O)NC(CC(=O)O)c1ccc(SC)cc1. The maximum Gasteiger partial charge on any atom is 0.305 e. The highest BCUT2D eigenvalue weighted by atomic mass is 32.2. The lowest BCUT2D eigenvalue weighted by Crippen LogP contribution is -2.30. The fraction of sp³-hybridized carbons (Fsp3) is 0.300. The number of carbonyl (C=O) groups is 2. The lowest BCUT2D eigenvalue weighted by molar-refractivity contribution is -0.137. The number of thioether (sulfide) groups is 1. The Bertz CT molecular complexity index is 746. The second-order valence-corrected chi connectivity index (χ2v) is 6.68. The molecule has 1 unspecified atom stereocenters. The lowest BCUT2D eigenvalue weighted by atomic mass is 10.0. The number of rotatable bonds is 9. The van der Waals surface area contributed by atoms with Crippen molar-refractivity contribution >= 4 is 23.6 Å². The number of ether oxygens (including phenoxy) is 1. The van der Waals surface area contributed by atoms with Gasteiger partial charge in [0.15, 0.2) is 0 Å². The van der Waals surface area contributed by atoms with Crippen LogP contribution in [-0.4, -0.2) is 30.3 Å². The standard InChI is InChI=1S/C20H23NO4S/c1-25-18-6-4-3-5-15(18)9-12-19(22)21-17(13-20(23)24)14-7-10-16(26-2)11-8-14/h3-8,10-11,17H,9,12-13H2,1-2H3,(H,21,22)(H,23,24). The summed E-state index contributed by atoms with van der Waals surface area (Å²) in [5, 5.41) is 12.0. The van der Waals surface area contributed by atoms with E-state index in [-0.39, 0.29) is 18.7 Å². The van der Waals surface area contributed by atoms with Crippen molar-refractivity contribution in [1.29, 1.82) is 0 Å². The predicted octanol–water partition coefficient (Wildman–Crippen LogP) is 3.68. The first kappa shape index (κ1) is 19.8. The Balaban J connectivity index is 2.02. The summed E-state index contributed by atoms with van der Waals surface area (Å²) in [4.78, 5) is 24.6. The number of nitrogens with one attached hydrogen (secondary N) is 1. The average molecular weight is 373 g/mol. The quantitative estimate of drug-likeness (QED) is 0.656. The Morgan fingerprint density at radius 1 is 1.15 bits per heavy atom. The van der Waals surface area contributed by atoms with Gasteiger partial charge in [0.2, 0.25) is 5.91 Å². The van der Waals surface area contributed by atoms with Crippen molar-refractivity contribution in [2.45, 2.75) is 30.2 Å². The van der Waals surface area contributed by atoms with Crippen LogP contribution in [0.3, 0.4) is 0 Å². The minimum atomic E-state index is -0.950. The first-order valence-electron chi connectivity index (χ1n) is 8.30. The van der Waals surface area contributed by atoms with E-state index in [1.165, 1.54) is 0 Å². The molecule has 0 saturated carbocycles. The molecule has 1 amide bonds. The Kier molecular flexibility index (Phi) is 7.53. The molecule has 2 aromatic carbocycles. The third-order valence-corrected chi connectivity index (χ3v) is 4.79. The number of hydrogen-bond acceptors (Lipinski definition) is 4. The Labute approximate surface area is 157 Å². The Morgan fingerprint density at radius 2 is 1.85 bits per heavy atom. The monoisotopic (exact) mass is 373 g/mol. The molecule has 5 nitrogen and oxygen atoms in total. The predicted molar refractivity (Wildman–Crippen MR) is 103 cm³/mol. The molecule has 0 aliphatic rings. The van der Waals surface area contributed by atoms with Gasteiger partial charge in [0.25, 0.3) is 0 Å². The largest absolute Gasteiger partial charge is 0.496 e. The summed E-state index contributed by atoms with van der Waals surface area (Å²) in [5.74, 6) is -0.389. The van der Waals surface area contributed by atoms with Crippen LogP contribution < -0.4 is 10.1 Å². The molecule has 0 saturated heterocycles. The molecule has 0 fully saturated rings. The Morgan fingerprint density at radius 3 is 2.46 bits per heavy atom. The van der Waals surface area contributed by atoms with E-state index in [0.717, 1.165) is 21.8 Å². The van der Waals surface area contributed by atoms with Gasteiger partial charge in [0.1, 0.15) is 5.75 Å². The highest BCUT2D eigenvalue weighted by Gasteiger charge is 2.18. The summed E-state index contributed by atoms with van der Waals surface area (Å²) in [6, 6.07) is 14.6. The zero-order valence-electron chi connectivity index (χ0n) is 14.9. The number of carboxylic acids is 1. The summed E-state index contributed by atoms with van der Waals surface area (Å²) in [7, 11) is 1.60. The highest BCUT2D eigenvalue weighted by molar-refractivity contribution is 7.98. The van der Waals surface area contributed by atoms with Crippen LogP contribution in [0.25, 0.3) is 0 Å². The van der Waals surface area contributed by atoms with E-state index in [1.807, 2.05) is 54.8 Å². The zero-order valence-corrected chi connectivity index (χ0v) is 15.7. The number of carboxylic acid groups (broad SMARTS) is 1. The van der Waals surface area contributed by atoms with Gasteiger partial charge in [0.05, 0.1) is 19.6 Å². The summed E-state index contributed by atoms with van der Waals surface area (Å²) < 4.78 is 5.29. The molecular weight excluding hydrogens is 350 g/mol. The van der Waals surface area contributed by atoms with E-state index in [1.54, 1.807) is 18.9 Å². The van der Waals surface area contributed by atoms with E-state index in [2.05, 4.69) is 5.32 Å². The van der Waals surface area contributed by atoms with Crippen LogP contribution in [0.1, 0.15) is 30.0 Å². The highest BCUT2D eigenvalue weighted by Crippen LogP contribution is 2.22. The molecule has 1 atom stereocenters. The summed E-state index contributed by atoms with van der Waals surface area (Å²) in [6.07, 6.45) is 2.61. The summed E-state index contributed by atoms with van der Waals surface area (Å²) >= 11 is 1.61. The third kappa shape index (κ3) is 5.81. The number of aliphatic carboxylic acids is 1. The molecule has 0 bridgehead atoms. The average Bonchev–Trinajstić information content (AvgIpc) is 2.65. The number of carbonyl (C=O) groups excluding carboxylic acids is 1.